The number of nitrogens with one attached hydrogen (secondary N) is 2. The molecular formula is C10H11N3O2. The van der Waals surface area contributed by atoms with Crippen molar-refractivity contribution in [1.82, 2.24) is 0 Å². The zero-order valence-corrected chi connectivity index (χ0v) is 8.20. The second-order valence-electron chi connectivity index (χ2n) is 2.95. The van der Waals surface area contributed by atoms with Gasteiger partial charge in [-0.1, -0.05) is 0 Å². The first-order valence-electron chi connectivity index (χ1n) is 4.26. The lowest BCUT2D eigenvalue weighted by molar-refractivity contribution is -0.105. The third-order valence-electron chi connectivity index (χ3n) is 1.99. The first-order valence-corrected chi connectivity index (χ1v) is 4.26. The van der Waals surface area contributed by atoms with Gasteiger partial charge in [-0.15, -0.1) is 0 Å². The molecular weight excluding hydrogens is 194 g/mol. The summed E-state index contributed by atoms with van der Waals surface area (Å²) in [5.41, 5.74) is 6.91. The number of rotatable bonds is 4. The van der Waals surface area contributed by atoms with Gasteiger partial charge < -0.3 is 16.5 Å². The minimum Gasteiger partial charge on any atom is -0.398 e. The van der Waals surface area contributed by atoms with Crippen LogP contribution in [0.1, 0.15) is 22.8 Å². The number of Topliss-reactive ketones (excluding diaryl/α,β-unsaturated/α-hetero) is 1. The summed E-state index contributed by atoms with van der Waals surface area (Å²) >= 11 is 0. The lowest BCUT2D eigenvalue weighted by atomic mass is 10.0. The van der Waals surface area contributed by atoms with Gasteiger partial charge in [-0.3, -0.25) is 9.59 Å². The third-order valence-corrected chi connectivity index (χ3v) is 1.99. The van der Waals surface area contributed by atoms with E-state index in [2.05, 4.69) is 5.32 Å². The molecule has 0 saturated carbocycles. The lowest BCUT2D eigenvalue weighted by Gasteiger charge is -2.10. The molecule has 5 heteroatoms. The number of amides is 1. The van der Waals surface area contributed by atoms with Gasteiger partial charge in [0.2, 0.25) is 6.41 Å². The highest BCUT2D eigenvalue weighted by molar-refractivity contribution is 6.09. The Kier molecular flexibility index (Phi) is 3.17. The summed E-state index contributed by atoms with van der Waals surface area (Å²) in [5, 5.41) is 9.57. The van der Waals surface area contributed by atoms with Crippen molar-refractivity contribution in [2.24, 2.45) is 0 Å². The molecule has 78 valence electrons. The zero-order chi connectivity index (χ0) is 11.4. The highest BCUT2D eigenvalue weighted by Crippen LogP contribution is 2.24. The molecule has 0 fully saturated rings. The molecule has 0 saturated heterocycles. The number of ketones is 1. The first-order chi connectivity index (χ1) is 7.11. The van der Waals surface area contributed by atoms with Crippen molar-refractivity contribution in [2.45, 2.75) is 6.92 Å². The Hall–Kier alpha value is -2.17. The number of hydrogen-bond acceptors (Lipinski definition) is 4. The standard InChI is InChI=1S/C10H11N3O2/c1-6(15)10-7(4-11)8(12)2-3-9(10)13-5-14/h2-5,11H,12H2,1H3,(H,13,14). The third kappa shape index (κ3) is 2.01. The molecule has 0 heterocycles. The van der Waals surface area contributed by atoms with Crippen LogP contribution in [0, 0.1) is 5.41 Å². The van der Waals surface area contributed by atoms with Gasteiger partial charge in [-0.05, 0) is 19.1 Å². The second kappa shape index (κ2) is 4.36. The van der Waals surface area contributed by atoms with Crippen molar-refractivity contribution in [3.8, 4) is 0 Å². The Morgan fingerprint density at radius 3 is 2.67 bits per heavy atom. The molecule has 5 nitrogen and oxygen atoms in total. The summed E-state index contributed by atoms with van der Waals surface area (Å²) in [6, 6.07) is 3.08. The van der Waals surface area contributed by atoms with Crippen molar-refractivity contribution in [2.75, 3.05) is 11.1 Å². The molecule has 0 aliphatic heterocycles. The molecule has 15 heavy (non-hydrogen) atoms. The van der Waals surface area contributed by atoms with Crippen LogP contribution in [0.2, 0.25) is 0 Å². The molecule has 0 aliphatic carbocycles. The van der Waals surface area contributed by atoms with Crippen LogP contribution in [0.3, 0.4) is 0 Å². The van der Waals surface area contributed by atoms with Gasteiger partial charge in [0.25, 0.3) is 0 Å². The van der Waals surface area contributed by atoms with E-state index in [1.165, 1.54) is 13.0 Å². The second-order valence-corrected chi connectivity index (χ2v) is 2.95. The number of benzene rings is 1. The Bertz CT molecular complexity index is 427. The number of carbonyl (C=O) groups excluding carboxylic acids is 2. The van der Waals surface area contributed by atoms with E-state index < -0.39 is 0 Å². The van der Waals surface area contributed by atoms with E-state index in [4.69, 9.17) is 11.1 Å². The van der Waals surface area contributed by atoms with Crippen LogP contribution in [0.15, 0.2) is 12.1 Å². The predicted molar refractivity (Wildman–Crippen MR) is 58.4 cm³/mol. The average Bonchev–Trinajstić information content (AvgIpc) is 2.20. The maximum Gasteiger partial charge on any atom is 0.211 e. The van der Waals surface area contributed by atoms with Gasteiger partial charge in [-0.25, -0.2) is 0 Å². The molecule has 0 unspecified atom stereocenters. The molecule has 4 N–H and O–H groups in total. The fourth-order valence-electron chi connectivity index (χ4n) is 1.35. The number of hydrogen-bond donors (Lipinski definition) is 3. The van der Waals surface area contributed by atoms with E-state index in [9.17, 15) is 9.59 Å². The topological polar surface area (TPSA) is 96.0 Å². The summed E-state index contributed by atoms with van der Waals surface area (Å²) in [4.78, 5) is 21.7. The van der Waals surface area contributed by atoms with Crippen LogP contribution < -0.4 is 11.1 Å². The van der Waals surface area contributed by atoms with E-state index in [-0.39, 0.29) is 11.3 Å². The maximum absolute atomic E-state index is 11.4. The molecule has 0 radical (unpaired) electrons. The Morgan fingerprint density at radius 2 is 2.20 bits per heavy atom. The highest BCUT2D eigenvalue weighted by atomic mass is 16.1. The van der Waals surface area contributed by atoms with Gasteiger partial charge in [0.15, 0.2) is 5.78 Å². The van der Waals surface area contributed by atoms with Crippen LogP contribution in [-0.4, -0.2) is 18.4 Å². The van der Waals surface area contributed by atoms with E-state index in [1.807, 2.05) is 0 Å². The van der Waals surface area contributed by atoms with Crippen molar-refractivity contribution < 1.29 is 9.59 Å². The lowest BCUT2D eigenvalue weighted by Crippen LogP contribution is -2.08. The zero-order valence-electron chi connectivity index (χ0n) is 8.20. The van der Waals surface area contributed by atoms with Crippen LogP contribution >= 0.6 is 0 Å². The normalized spacial score (nSPS) is 9.40. The Balaban J connectivity index is 3.48. The van der Waals surface area contributed by atoms with E-state index in [0.29, 0.717) is 23.3 Å². The molecule has 1 aromatic rings. The quantitative estimate of drug-likeness (QED) is 0.296. The highest BCUT2D eigenvalue weighted by Gasteiger charge is 2.13. The average molecular weight is 205 g/mol. The van der Waals surface area contributed by atoms with Crippen molar-refractivity contribution in [3.63, 3.8) is 0 Å². The van der Waals surface area contributed by atoms with E-state index in [0.717, 1.165) is 6.21 Å². The van der Waals surface area contributed by atoms with Gasteiger partial charge in [-0.2, -0.15) is 0 Å². The monoisotopic (exact) mass is 205 g/mol. The Morgan fingerprint density at radius 1 is 1.53 bits per heavy atom. The van der Waals surface area contributed by atoms with Gasteiger partial charge in [0, 0.05) is 17.5 Å². The smallest absolute Gasteiger partial charge is 0.211 e. The summed E-state index contributed by atoms with van der Waals surface area (Å²) in [5.74, 6) is -0.245. The van der Waals surface area contributed by atoms with Gasteiger partial charge >= 0.3 is 0 Å². The summed E-state index contributed by atoms with van der Waals surface area (Å²) in [6.45, 7) is 1.36. The van der Waals surface area contributed by atoms with Crippen LogP contribution in [0.5, 0.6) is 0 Å². The molecule has 0 atom stereocenters. The van der Waals surface area contributed by atoms with Gasteiger partial charge in [0.05, 0.1) is 11.3 Å². The molecule has 1 aromatic carbocycles. The number of carbonyl (C=O) groups is 2. The molecule has 0 bridgehead atoms. The summed E-state index contributed by atoms with van der Waals surface area (Å²) in [7, 11) is 0. The summed E-state index contributed by atoms with van der Waals surface area (Å²) < 4.78 is 0. The molecule has 0 spiro atoms. The van der Waals surface area contributed by atoms with Gasteiger partial charge in [0.1, 0.15) is 0 Å². The van der Waals surface area contributed by atoms with Crippen molar-refractivity contribution in [1.29, 1.82) is 5.41 Å². The number of nitrogens with two attached hydrogens (primary N) is 1. The SMILES string of the molecule is CC(=O)c1c(NC=O)ccc(N)c1C=N. The van der Waals surface area contributed by atoms with Crippen LogP contribution in [0.25, 0.3) is 0 Å². The van der Waals surface area contributed by atoms with Crippen LogP contribution in [-0.2, 0) is 4.79 Å². The molecule has 0 aliphatic rings. The van der Waals surface area contributed by atoms with E-state index >= 15 is 0 Å². The maximum atomic E-state index is 11.4. The first kappa shape index (κ1) is 10.9. The fourth-order valence-corrected chi connectivity index (χ4v) is 1.35. The van der Waals surface area contributed by atoms with Crippen molar-refractivity contribution >= 4 is 29.8 Å². The number of nitrogen functional groups attached to an aromatic ring is 1. The predicted octanol–water partition coefficient (Wildman–Crippen LogP) is 1.04. The number of anilines is 2. The van der Waals surface area contributed by atoms with Crippen molar-refractivity contribution in [3.05, 3.63) is 23.3 Å². The fraction of sp³-hybridized carbons (Fsp3) is 0.100. The minimum atomic E-state index is -0.245. The van der Waals surface area contributed by atoms with E-state index in [1.54, 1.807) is 6.07 Å². The minimum absolute atomic E-state index is 0.245. The molecule has 0 aromatic heterocycles. The molecule has 1 rings (SSSR count). The largest absolute Gasteiger partial charge is 0.398 e. The van der Waals surface area contributed by atoms with Crippen LogP contribution in [0.4, 0.5) is 11.4 Å². The molecule has 1 amide bonds. The summed E-state index contributed by atoms with van der Waals surface area (Å²) in [6.07, 6.45) is 1.48. The Labute approximate surface area is 86.8 Å².